The van der Waals surface area contributed by atoms with Gasteiger partial charge in [0.1, 0.15) is 6.54 Å². The fourth-order valence-electron chi connectivity index (χ4n) is 0.730. The number of halogens is 3. The lowest BCUT2D eigenvalue weighted by Crippen LogP contribution is -2.33. The molecule has 0 unspecified atom stereocenters. The number of nitrogens with one attached hydrogen (secondary N) is 1. The van der Waals surface area contributed by atoms with E-state index in [0.29, 0.717) is 0 Å². The maximum atomic E-state index is 11.7. The Hall–Kier alpha value is -1.73. The molecule has 15 heavy (non-hydrogen) atoms. The van der Waals surface area contributed by atoms with Gasteiger partial charge in [0.15, 0.2) is 0 Å². The quantitative estimate of drug-likeness (QED) is 0.830. The van der Waals surface area contributed by atoms with E-state index < -0.39 is 18.6 Å². The first-order valence-electron chi connectivity index (χ1n) is 3.78. The number of ether oxygens (including phenoxy) is 1. The van der Waals surface area contributed by atoms with Gasteiger partial charge in [-0.1, -0.05) is 0 Å². The molecule has 0 aliphatic rings. The maximum Gasteiger partial charge on any atom is 0.405 e. The molecule has 84 valence electrons. The van der Waals surface area contributed by atoms with Crippen molar-refractivity contribution in [3.05, 3.63) is 11.8 Å². The summed E-state index contributed by atoms with van der Waals surface area (Å²) in [4.78, 5) is 11.0. The van der Waals surface area contributed by atoms with Gasteiger partial charge in [-0.15, -0.1) is 0 Å². The van der Waals surface area contributed by atoms with Gasteiger partial charge in [0.2, 0.25) is 5.76 Å². The summed E-state index contributed by atoms with van der Waals surface area (Å²) in [7, 11) is 1.29. The van der Waals surface area contributed by atoms with Crippen molar-refractivity contribution in [2.24, 2.45) is 0 Å². The third-order valence-electron chi connectivity index (χ3n) is 1.37. The van der Waals surface area contributed by atoms with Crippen molar-refractivity contribution >= 4 is 5.91 Å². The lowest BCUT2D eigenvalue weighted by Gasteiger charge is -2.05. The Kier molecular flexibility index (Phi) is 3.17. The second kappa shape index (κ2) is 4.20. The highest BCUT2D eigenvalue weighted by Crippen LogP contribution is 2.14. The van der Waals surface area contributed by atoms with Gasteiger partial charge >= 0.3 is 6.18 Å². The molecule has 8 heteroatoms. The predicted molar refractivity (Wildman–Crippen MR) is 41.4 cm³/mol. The second-order valence-electron chi connectivity index (χ2n) is 2.53. The van der Waals surface area contributed by atoms with Crippen LogP contribution in [0.15, 0.2) is 10.6 Å². The van der Waals surface area contributed by atoms with Crippen LogP contribution in [0.5, 0.6) is 5.88 Å². The van der Waals surface area contributed by atoms with E-state index in [1.54, 1.807) is 5.32 Å². The van der Waals surface area contributed by atoms with Gasteiger partial charge in [0, 0.05) is 0 Å². The number of hydrogen-bond donors (Lipinski definition) is 1. The topological polar surface area (TPSA) is 64.4 Å². The molecule has 0 aliphatic carbocycles. The first kappa shape index (κ1) is 11.3. The second-order valence-corrected chi connectivity index (χ2v) is 2.53. The van der Waals surface area contributed by atoms with Gasteiger partial charge in [-0.2, -0.15) is 13.2 Å². The van der Waals surface area contributed by atoms with Crippen LogP contribution < -0.4 is 10.1 Å². The molecule has 0 bridgehead atoms. The average molecular weight is 224 g/mol. The number of carbonyl (C=O) groups is 1. The molecular weight excluding hydrogens is 217 g/mol. The van der Waals surface area contributed by atoms with Crippen LogP contribution in [0.3, 0.4) is 0 Å². The van der Waals surface area contributed by atoms with E-state index in [0.717, 1.165) is 6.07 Å². The lowest BCUT2D eigenvalue weighted by molar-refractivity contribution is -0.123. The van der Waals surface area contributed by atoms with Crippen molar-refractivity contribution in [2.75, 3.05) is 13.7 Å². The number of hydrogen-bond acceptors (Lipinski definition) is 4. The molecule has 1 rings (SSSR count). The highest BCUT2D eigenvalue weighted by Gasteiger charge is 2.28. The molecule has 5 nitrogen and oxygen atoms in total. The molecule has 0 saturated heterocycles. The minimum absolute atomic E-state index is 0.0205. The number of carbonyl (C=O) groups excluding carboxylic acids is 1. The van der Waals surface area contributed by atoms with Crippen molar-refractivity contribution in [1.29, 1.82) is 0 Å². The fourth-order valence-corrected chi connectivity index (χ4v) is 0.730. The Labute approximate surface area is 82.2 Å². The predicted octanol–water partition coefficient (Wildman–Crippen LogP) is 0.975. The van der Waals surface area contributed by atoms with Crippen molar-refractivity contribution in [1.82, 2.24) is 10.5 Å². The van der Waals surface area contributed by atoms with Crippen molar-refractivity contribution in [3.63, 3.8) is 0 Å². The molecule has 1 N–H and O–H groups in total. The Morgan fingerprint density at radius 3 is 2.80 bits per heavy atom. The van der Waals surface area contributed by atoms with Crippen molar-refractivity contribution in [3.8, 4) is 5.88 Å². The van der Waals surface area contributed by atoms with Gasteiger partial charge in [-0.3, -0.25) is 4.79 Å². The SMILES string of the molecule is COc1cc(C(=O)NCC(F)(F)F)on1. The van der Waals surface area contributed by atoms with Crippen LogP contribution in [0, 0.1) is 0 Å². The molecule has 1 aromatic rings. The molecule has 1 amide bonds. The highest BCUT2D eigenvalue weighted by molar-refractivity contribution is 5.91. The van der Waals surface area contributed by atoms with Crippen molar-refractivity contribution < 1.29 is 27.2 Å². The number of methoxy groups -OCH3 is 1. The molecule has 1 heterocycles. The Balaban J connectivity index is 2.54. The maximum absolute atomic E-state index is 11.7. The zero-order valence-electron chi connectivity index (χ0n) is 7.59. The van der Waals surface area contributed by atoms with Crippen LogP contribution in [-0.4, -0.2) is 30.9 Å². The van der Waals surface area contributed by atoms with E-state index >= 15 is 0 Å². The lowest BCUT2D eigenvalue weighted by atomic mass is 10.4. The zero-order chi connectivity index (χ0) is 11.5. The molecular formula is C7H7F3N2O3. The third kappa shape index (κ3) is 3.49. The van der Waals surface area contributed by atoms with Gasteiger partial charge in [-0.25, -0.2) is 0 Å². The summed E-state index contributed by atoms with van der Waals surface area (Å²) < 4.78 is 44.2. The van der Waals surface area contributed by atoms with Crippen molar-refractivity contribution in [2.45, 2.75) is 6.18 Å². The number of alkyl halides is 3. The zero-order valence-corrected chi connectivity index (χ0v) is 7.59. The van der Waals surface area contributed by atoms with Crippen LogP contribution in [0.4, 0.5) is 13.2 Å². The highest BCUT2D eigenvalue weighted by atomic mass is 19.4. The van der Waals surface area contributed by atoms with Gasteiger partial charge in [0.05, 0.1) is 13.2 Å². The summed E-state index contributed by atoms with van der Waals surface area (Å²) >= 11 is 0. The monoisotopic (exact) mass is 224 g/mol. The molecule has 0 aromatic carbocycles. The Morgan fingerprint density at radius 2 is 2.33 bits per heavy atom. The molecule has 0 fully saturated rings. The first-order chi connectivity index (χ1) is 6.92. The summed E-state index contributed by atoms with van der Waals surface area (Å²) in [6, 6.07) is 1.09. The molecule has 0 spiro atoms. The summed E-state index contributed by atoms with van der Waals surface area (Å²) in [6.07, 6.45) is -4.46. The van der Waals surface area contributed by atoms with E-state index in [4.69, 9.17) is 0 Å². The van der Waals surface area contributed by atoms with Gasteiger partial charge in [0.25, 0.3) is 11.8 Å². The third-order valence-corrected chi connectivity index (χ3v) is 1.37. The summed E-state index contributed by atoms with van der Waals surface area (Å²) in [5.41, 5.74) is 0. The van der Waals surface area contributed by atoms with Crippen LogP contribution >= 0.6 is 0 Å². The van der Waals surface area contributed by atoms with Gasteiger partial charge in [-0.05, 0) is 5.16 Å². The number of amides is 1. The normalized spacial score (nSPS) is 11.2. The average Bonchev–Trinajstić information content (AvgIpc) is 2.61. The number of nitrogens with zero attached hydrogens (tertiary/aromatic N) is 1. The molecule has 0 aliphatic heterocycles. The molecule has 0 saturated carbocycles. The van der Waals surface area contributed by atoms with Crippen LogP contribution in [0.2, 0.25) is 0 Å². The molecule has 0 atom stereocenters. The summed E-state index contributed by atoms with van der Waals surface area (Å²) in [5.74, 6) is -1.31. The standard InChI is InChI=1S/C7H7F3N2O3/c1-14-5-2-4(15-12-5)6(13)11-3-7(8,9)10/h2H,3H2,1H3,(H,11,13). The van der Waals surface area contributed by atoms with Crippen LogP contribution in [0.1, 0.15) is 10.6 Å². The Bertz CT molecular complexity index is 347. The Morgan fingerprint density at radius 1 is 1.67 bits per heavy atom. The molecule has 0 radical (unpaired) electrons. The summed E-state index contributed by atoms with van der Waals surface area (Å²) in [5, 5.41) is 4.88. The summed E-state index contributed by atoms with van der Waals surface area (Å²) in [6.45, 7) is -1.42. The van der Waals surface area contributed by atoms with E-state index in [1.165, 1.54) is 7.11 Å². The van der Waals surface area contributed by atoms with E-state index in [1.807, 2.05) is 0 Å². The van der Waals surface area contributed by atoms with E-state index in [2.05, 4.69) is 14.4 Å². The minimum Gasteiger partial charge on any atom is -0.479 e. The largest absolute Gasteiger partial charge is 0.479 e. The first-order valence-corrected chi connectivity index (χ1v) is 3.78. The minimum atomic E-state index is -4.46. The smallest absolute Gasteiger partial charge is 0.405 e. The van der Waals surface area contributed by atoms with E-state index in [-0.39, 0.29) is 11.6 Å². The fraction of sp³-hybridized carbons (Fsp3) is 0.429. The number of rotatable bonds is 3. The molecule has 1 aromatic heterocycles. The van der Waals surface area contributed by atoms with Crippen LogP contribution in [0.25, 0.3) is 0 Å². The van der Waals surface area contributed by atoms with Gasteiger partial charge < -0.3 is 14.6 Å². The number of aromatic nitrogens is 1. The van der Waals surface area contributed by atoms with E-state index in [9.17, 15) is 18.0 Å². The van der Waals surface area contributed by atoms with Crippen LogP contribution in [-0.2, 0) is 0 Å².